The lowest BCUT2D eigenvalue weighted by molar-refractivity contribution is 0.0630. The molecule has 2 heterocycles. The number of aryl methyl sites for hydroxylation is 2. The first-order chi connectivity index (χ1) is 13.1. The van der Waals surface area contributed by atoms with Crippen molar-refractivity contribution in [2.45, 2.75) is 20.4 Å². The molecule has 4 rings (SSSR count). The van der Waals surface area contributed by atoms with E-state index in [1.54, 1.807) is 0 Å². The van der Waals surface area contributed by atoms with Gasteiger partial charge in [0, 0.05) is 43.8 Å². The maximum Gasteiger partial charge on any atom is 0.254 e. The molecule has 1 aliphatic heterocycles. The zero-order chi connectivity index (χ0) is 18.8. The van der Waals surface area contributed by atoms with Crippen LogP contribution in [-0.4, -0.2) is 46.9 Å². The smallest absolute Gasteiger partial charge is 0.254 e. The standard InChI is InChI=1S/C23H25N3O/c1-17-7-6-10-20-21(15-18(2)24-22(17)20)23(27)26-13-11-25(12-14-26)16-19-8-4-3-5-9-19/h3-10,15H,11-14,16H2,1-2H3. The third kappa shape index (κ3) is 3.71. The number of rotatable bonds is 3. The number of para-hydroxylation sites is 1. The molecule has 3 aromatic rings. The Morgan fingerprint density at radius 3 is 2.44 bits per heavy atom. The second kappa shape index (κ2) is 7.49. The summed E-state index contributed by atoms with van der Waals surface area (Å²) in [6, 6.07) is 18.5. The number of amides is 1. The summed E-state index contributed by atoms with van der Waals surface area (Å²) in [5, 5.41) is 0.956. The Morgan fingerprint density at radius 2 is 1.70 bits per heavy atom. The molecule has 27 heavy (non-hydrogen) atoms. The largest absolute Gasteiger partial charge is 0.336 e. The van der Waals surface area contributed by atoms with Crippen LogP contribution in [0.15, 0.2) is 54.6 Å². The van der Waals surface area contributed by atoms with Gasteiger partial charge < -0.3 is 4.90 Å². The highest BCUT2D eigenvalue weighted by molar-refractivity contribution is 6.06. The zero-order valence-electron chi connectivity index (χ0n) is 16.0. The number of piperazine rings is 1. The van der Waals surface area contributed by atoms with Crippen molar-refractivity contribution in [1.82, 2.24) is 14.8 Å². The van der Waals surface area contributed by atoms with Crippen molar-refractivity contribution in [1.29, 1.82) is 0 Å². The Labute approximate surface area is 160 Å². The molecule has 0 unspecified atom stereocenters. The van der Waals surface area contributed by atoms with E-state index < -0.39 is 0 Å². The normalized spacial score (nSPS) is 15.3. The van der Waals surface area contributed by atoms with Crippen LogP contribution in [0.2, 0.25) is 0 Å². The van der Waals surface area contributed by atoms with Gasteiger partial charge in [-0.2, -0.15) is 0 Å². The third-order valence-corrected chi connectivity index (χ3v) is 5.31. The fourth-order valence-corrected chi connectivity index (χ4v) is 3.82. The van der Waals surface area contributed by atoms with Crippen molar-refractivity contribution >= 4 is 16.8 Å². The van der Waals surface area contributed by atoms with Crippen LogP contribution in [0.5, 0.6) is 0 Å². The number of carbonyl (C=O) groups excluding carboxylic acids is 1. The summed E-state index contributed by atoms with van der Waals surface area (Å²) in [5.74, 6) is 0.121. The van der Waals surface area contributed by atoms with Crippen LogP contribution in [0.25, 0.3) is 10.9 Å². The van der Waals surface area contributed by atoms with E-state index in [9.17, 15) is 4.79 Å². The SMILES string of the molecule is Cc1cc(C(=O)N2CCN(Cc3ccccc3)CC2)c2cccc(C)c2n1. The molecule has 4 heteroatoms. The summed E-state index contributed by atoms with van der Waals surface area (Å²) in [5.41, 5.74) is 5.03. The average molecular weight is 359 g/mol. The highest BCUT2D eigenvalue weighted by Gasteiger charge is 2.24. The second-order valence-electron chi connectivity index (χ2n) is 7.34. The average Bonchev–Trinajstić information content (AvgIpc) is 2.69. The first-order valence-electron chi connectivity index (χ1n) is 9.54. The zero-order valence-corrected chi connectivity index (χ0v) is 16.0. The monoisotopic (exact) mass is 359 g/mol. The minimum Gasteiger partial charge on any atom is -0.336 e. The lowest BCUT2D eigenvalue weighted by Crippen LogP contribution is -2.48. The predicted octanol–water partition coefficient (Wildman–Crippen LogP) is 3.81. The number of carbonyl (C=O) groups is 1. The van der Waals surface area contributed by atoms with Gasteiger partial charge in [0.25, 0.3) is 5.91 Å². The number of nitrogens with zero attached hydrogens (tertiary/aromatic N) is 3. The highest BCUT2D eigenvalue weighted by atomic mass is 16.2. The molecule has 1 aromatic heterocycles. The molecular weight excluding hydrogens is 334 g/mol. The van der Waals surface area contributed by atoms with Crippen molar-refractivity contribution in [3.63, 3.8) is 0 Å². The van der Waals surface area contributed by atoms with Crippen molar-refractivity contribution < 1.29 is 4.79 Å². The minimum absolute atomic E-state index is 0.121. The van der Waals surface area contributed by atoms with Crippen molar-refractivity contribution in [2.75, 3.05) is 26.2 Å². The Kier molecular flexibility index (Phi) is 4.90. The molecule has 0 spiro atoms. The second-order valence-corrected chi connectivity index (χ2v) is 7.34. The molecule has 0 N–H and O–H groups in total. The van der Waals surface area contributed by atoms with Gasteiger partial charge in [-0.25, -0.2) is 0 Å². The maximum atomic E-state index is 13.2. The van der Waals surface area contributed by atoms with Crippen LogP contribution in [-0.2, 0) is 6.54 Å². The van der Waals surface area contributed by atoms with Crippen LogP contribution in [0.3, 0.4) is 0 Å². The molecule has 1 saturated heterocycles. The van der Waals surface area contributed by atoms with Gasteiger partial charge in [0.15, 0.2) is 0 Å². The number of aromatic nitrogens is 1. The first-order valence-corrected chi connectivity index (χ1v) is 9.54. The van der Waals surface area contributed by atoms with E-state index in [0.717, 1.165) is 60.4 Å². The molecule has 1 amide bonds. The Hall–Kier alpha value is -2.72. The van der Waals surface area contributed by atoms with Crippen LogP contribution < -0.4 is 0 Å². The molecule has 0 bridgehead atoms. The van der Waals surface area contributed by atoms with Crippen molar-refractivity contribution in [3.8, 4) is 0 Å². The lowest BCUT2D eigenvalue weighted by Gasteiger charge is -2.35. The molecule has 1 fully saturated rings. The van der Waals surface area contributed by atoms with Gasteiger partial charge in [-0.3, -0.25) is 14.7 Å². The molecule has 1 aliphatic rings. The summed E-state index contributed by atoms with van der Waals surface area (Å²) in [4.78, 5) is 22.3. The Balaban J connectivity index is 1.50. The van der Waals surface area contributed by atoms with Crippen LogP contribution in [0, 0.1) is 13.8 Å². The summed E-state index contributed by atoms with van der Waals surface area (Å²) in [7, 11) is 0. The van der Waals surface area contributed by atoms with Gasteiger partial charge >= 0.3 is 0 Å². The molecule has 2 aromatic carbocycles. The Morgan fingerprint density at radius 1 is 0.963 bits per heavy atom. The minimum atomic E-state index is 0.121. The Bertz CT molecular complexity index is 960. The fourth-order valence-electron chi connectivity index (χ4n) is 3.82. The van der Waals surface area contributed by atoms with E-state index in [1.807, 2.05) is 49.1 Å². The molecule has 0 saturated carbocycles. The number of hydrogen-bond donors (Lipinski definition) is 0. The quantitative estimate of drug-likeness (QED) is 0.713. The summed E-state index contributed by atoms with van der Waals surface area (Å²) in [6.45, 7) is 8.29. The molecule has 138 valence electrons. The maximum absolute atomic E-state index is 13.2. The lowest BCUT2D eigenvalue weighted by atomic mass is 10.0. The van der Waals surface area contributed by atoms with Gasteiger partial charge in [-0.15, -0.1) is 0 Å². The molecule has 0 radical (unpaired) electrons. The first kappa shape index (κ1) is 17.7. The van der Waals surface area contributed by atoms with Crippen LogP contribution in [0.1, 0.15) is 27.2 Å². The third-order valence-electron chi connectivity index (χ3n) is 5.31. The van der Waals surface area contributed by atoms with Gasteiger partial charge in [0.05, 0.1) is 11.1 Å². The summed E-state index contributed by atoms with van der Waals surface area (Å²) >= 11 is 0. The number of fused-ring (bicyclic) bond motifs is 1. The van der Waals surface area contributed by atoms with Crippen molar-refractivity contribution in [2.24, 2.45) is 0 Å². The van der Waals surface area contributed by atoms with Crippen LogP contribution in [0.4, 0.5) is 0 Å². The van der Waals surface area contributed by atoms with Gasteiger partial charge in [-0.05, 0) is 31.0 Å². The summed E-state index contributed by atoms with van der Waals surface area (Å²) in [6.07, 6.45) is 0. The fraction of sp³-hybridized carbons (Fsp3) is 0.304. The predicted molar refractivity (Wildman–Crippen MR) is 109 cm³/mol. The molecular formula is C23H25N3O. The van der Waals surface area contributed by atoms with E-state index in [2.05, 4.69) is 34.1 Å². The number of hydrogen-bond acceptors (Lipinski definition) is 3. The molecule has 0 aliphatic carbocycles. The highest BCUT2D eigenvalue weighted by Crippen LogP contribution is 2.23. The van der Waals surface area contributed by atoms with E-state index >= 15 is 0 Å². The topological polar surface area (TPSA) is 36.4 Å². The van der Waals surface area contributed by atoms with Gasteiger partial charge in [-0.1, -0.05) is 48.5 Å². The van der Waals surface area contributed by atoms with Crippen LogP contribution >= 0.6 is 0 Å². The summed E-state index contributed by atoms with van der Waals surface area (Å²) < 4.78 is 0. The number of benzene rings is 2. The van der Waals surface area contributed by atoms with E-state index in [0.29, 0.717) is 0 Å². The molecule has 0 atom stereocenters. The van der Waals surface area contributed by atoms with Crippen molar-refractivity contribution in [3.05, 3.63) is 77.0 Å². The van der Waals surface area contributed by atoms with Gasteiger partial charge in [0.1, 0.15) is 0 Å². The van der Waals surface area contributed by atoms with Gasteiger partial charge in [0.2, 0.25) is 0 Å². The van der Waals surface area contributed by atoms with E-state index in [1.165, 1.54) is 5.56 Å². The number of pyridine rings is 1. The van der Waals surface area contributed by atoms with E-state index in [-0.39, 0.29) is 5.91 Å². The molecule has 4 nitrogen and oxygen atoms in total. The van der Waals surface area contributed by atoms with E-state index in [4.69, 9.17) is 0 Å².